The van der Waals surface area contributed by atoms with Crippen molar-refractivity contribution in [1.29, 1.82) is 0 Å². The quantitative estimate of drug-likeness (QED) is 0.742. The first-order valence-electron chi connectivity index (χ1n) is 5.15. The first-order valence-corrected chi connectivity index (χ1v) is 5.15. The molecule has 2 heteroatoms. The third-order valence-corrected chi connectivity index (χ3v) is 2.24. The second-order valence-corrected chi connectivity index (χ2v) is 3.26. The van der Waals surface area contributed by atoms with E-state index >= 15 is 0 Å². The van der Waals surface area contributed by atoms with Crippen LogP contribution in [0.3, 0.4) is 0 Å². The first kappa shape index (κ1) is 11.6. The molecule has 0 aliphatic rings. The van der Waals surface area contributed by atoms with Crippen molar-refractivity contribution in [1.82, 2.24) is 5.32 Å². The van der Waals surface area contributed by atoms with Gasteiger partial charge in [-0.25, -0.2) is 0 Å². The summed E-state index contributed by atoms with van der Waals surface area (Å²) in [6.07, 6.45) is 6.00. The highest BCUT2D eigenvalue weighted by molar-refractivity contribution is 5.31. The van der Waals surface area contributed by atoms with Crippen molar-refractivity contribution in [2.45, 2.75) is 19.4 Å². The van der Waals surface area contributed by atoms with Crippen LogP contribution in [0, 0.1) is 12.3 Å². The Labute approximate surface area is 91.6 Å². The summed E-state index contributed by atoms with van der Waals surface area (Å²) in [5.41, 5.74) is 1.17. The summed E-state index contributed by atoms with van der Waals surface area (Å²) in [7, 11) is 1.91. The zero-order chi connectivity index (χ0) is 11.1. The molecule has 0 spiro atoms. The van der Waals surface area contributed by atoms with E-state index in [1.807, 2.05) is 32.2 Å². The summed E-state index contributed by atoms with van der Waals surface area (Å²) in [4.78, 5) is 0. The van der Waals surface area contributed by atoms with Crippen LogP contribution in [-0.4, -0.2) is 13.7 Å². The number of rotatable bonds is 5. The van der Waals surface area contributed by atoms with Gasteiger partial charge in [-0.2, -0.15) is 0 Å². The van der Waals surface area contributed by atoms with Crippen LogP contribution in [0.15, 0.2) is 24.3 Å². The molecule has 0 heterocycles. The molecule has 1 rings (SSSR count). The highest BCUT2D eigenvalue weighted by atomic mass is 16.5. The fraction of sp³-hybridized carbons (Fsp3) is 0.385. The number of nitrogens with one attached hydrogen (secondary N) is 1. The van der Waals surface area contributed by atoms with Gasteiger partial charge in [-0.3, -0.25) is 0 Å². The van der Waals surface area contributed by atoms with E-state index in [1.165, 1.54) is 5.56 Å². The van der Waals surface area contributed by atoms with Gasteiger partial charge in [-0.15, -0.1) is 12.3 Å². The van der Waals surface area contributed by atoms with Crippen LogP contribution >= 0.6 is 0 Å². The second-order valence-electron chi connectivity index (χ2n) is 3.26. The molecule has 1 aromatic rings. The predicted octanol–water partition coefficient (Wildman–Crippen LogP) is 2.37. The molecule has 15 heavy (non-hydrogen) atoms. The SMILES string of the molecule is C#CCC(NC)c1cccc(OCC)c1. The Bertz CT molecular complexity index is 341. The van der Waals surface area contributed by atoms with Crippen molar-refractivity contribution >= 4 is 0 Å². The van der Waals surface area contributed by atoms with Gasteiger partial charge in [0.15, 0.2) is 0 Å². The van der Waals surface area contributed by atoms with Crippen molar-refractivity contribution in [3.63, 3.8) is 0 Å². The lowest BCUT2D eigenvalue weighted by Gasteiger charge is -2.14. The van der Waals surface area contributed by atoms with Crippen LogP contribution in [0.25, 0.3) is 0 Å². The Balaban J connectivity index is 2.83. The zero-order valence-electron chi connectivity index (χ0n) is 9.29. The predicted molar refractivity (Wildman–Crippen MR) is 62.9 cm³/mol. The molecule has 0 bridgehead atoms. The Morgan fingerprint density at radius 1 is 1.53 bits per heavy atom. The van der Waals surface area contributed by atoms with Gasteiger partial charge in [0.1, 0.15) is 5.75 Å². The molecule has 1 aromatic carbocycles. The average molecular weight is 203 g/mol. The molecule has 0 saturated carbocycles. The van der Waals surface area contributed by atoms with Gasteiger partial charge in [0, 0.05) is 12.5 Å². The third kappa shape index (κ3) is 3.30. The van der Waals surface area contributed by atoms with Crippen molar-refractivity contribution in [3.8, 4) is 18.1 Å². The number of hydrogen-bond donors (Lipinski definition) is 1. The van der Waals surface area contributed by atoms with Crippen molar-refractivity contribution in [2.75, 3.05) is 13.7 Å². The fourth-order valence-corrected chi connectivity index (χ4v) is 1.49. The summed E-state index contributed by atoms with van der Waals surface area (Å²) in [5, 5.41) is 3.19. The number of hydrogen-bond acceptors (Lipinski definition) is 2. The molecule has 1 N–H and O–H groups in total. The van der Waals surface area contributed by atoms with Crippen molar-refractivity contribution in [2.24, 2.45) is 0 Å². The van der Waals surface area contributed by atoms with E-state index in [0.717, 1.165) is 5.75 Å². The van der Waals surface area contributed by atoms with Crippen LogP contribution < -0.4 is 10.1 Å². The number of ether oxygens (including phenoxy) is 1. The molecule has 0 aromatic heterocycles. The maximum absolute atomic E-state index is 5.44. The van der Waals surface area contributed by atoms with Crippen LogP contribution in [-0.2, 0) is 0 Å². The Morgan fingerprint density at radius 3 is 2.93 bits per heavy atom. The molecule has 2 nitrogen and oxygen atoms in total. The summed E-state index contributed by atoms with van der Waals surface area (Å²) in [6.45, 7) is 2.66. The monoisotopic (exact) mass is 203 g/mol. The van der Waals surface area contributed by atoms with Crippen molar-refractivity contribution in [3.05, 3.63) is 29.8 Å². The van der Waals surface area contributed by atoms with Gasteiger partial charge < -0.3 is 10.1 Å². The Morgan fingerprint density at radius 2 is 2.33 bits per heavy atom. The van der Waals surface area contributed by atoms with Gasteiger partial charge in [-0.1, -0.05) is 12.1 Å². The molecule has 0 aliphatic carbocycles. The first-order chi connectivity index (χ1) is 7.31. The Kier molecular flexibility index (Phi) is 4.73. The Hall–Kier alpha value is -1.46. The summed E-state index contributed by atoms with van der Waals surface area (Å²) in [6, 6.07) is 8.23. The highest BCUT2D eigenvalue weighted by Crippen LogP contribution is 2.21. The summed E-state index contributed by atoms with van der Waals surface area (Å²) < 4.78 is 5.44. The minimum Gasteiger partial charge on any atom is -0.494 e. The lowest BCUT2D eigenvalue weighted by molar-refractivity contribution is 0.339. The molecular weight excluding hydrogens is 186 g/mol. The van der Waals surface area contributed by atoms with E-state index in [-0.39, 0.29) is 6.04 Å². The fourth-order valence-electron chi connectivity index (χ4n) is 1.49. The molecule has 0 aliphatic heterocycles. The molecule has 1 atom stereocenters. The normalized spacial score (nSPS) is 11.8. The summed E-state index contributed by atoms with van der Waals surface area (Å²) >= 11 is 0. The maximum Gasteiger partial charge on any atom is 0.119 e. The second kappa shape index (κ2) is 6.10. The number of benzene rings is 1. The van der Waals surface area contributed by atoms with E-state index in [2.05, 4.69) is 17.3 Å². The van der Waals surface area contributed by atoms with Gasteiger partial charge in [0.2, 0.25) is 0 Å². The van der Waals surface area contributed by atoms with Crippen LogP contribution in [0.5, 0.6) is 5.75 Å². The highest BCUT2D eigenvalue weighted by Gasteiger charge is 2.07. The molecule has 80 valence electrons. The maximum atomic E-state index is 5.44. The van der Waals surface area contributed by atoms with E-state index < -0.39 is 0 Å². The zero-order valence-corrected chi connectivity index (χ0v) is 9.29. The smallest absolute Gasteiger partial charge is 0.119 e. The van der Waals surface area contributed by atoms with E-state index in [1.54, 1.807) is 0 Å². The lowest BCUT2D eigenvalue weighted by atomic mass is 10.0. The molecule has 0 radical (unpaired) electrons. The van der Waals surface area contributed by atoms with Gasteiger partial charge in [-0.05, 0) is 31.7 Å². The van der Waals surface area contributed by atoms with Crippen LogP contribution in [0.4, 0.5) is 0 Å². The van der Waals surface area contributed by atoms with E-state index in [0.29, 0.717) is 13.0 Å². The summed E-state index contributed by atoms with van der Waals surface area (Å²) in [5.74, 6) is 3.56. The average Bonchev–Trinajstić information content (AvgIpc) is 2.27. The minimum atomic E-state index is 0.204. The lowest BCUT2D eigenvalue weighted by Crippen LogP contribution is -2.15. The molecule has 0 saturated heterocycles. The van der Waals surface area contributed by atoms with Crippen LogP contribution in [0.1, 0.15) is 24.9 Å². The molecule has 0 amide bonds. The van der Waals surface area contributed by atoms with Gasteiger partial charge in [0.05, 0.1) is 6.61 Å². The largest absolute Gasteiger partial charge is 0.494 e. The van der Waals surface area contributed by atoms with Crippen LogP contribution in [0.2, 0.25) is 0 Å². The van der Waals surface area contributed by atoms with E-state index in [9.17, 15) is 0 Å². The number of terminal acetylenes is 1. The van der Waals surface area contributed by atoms with Crippen molar-refractivity contribution < 1.29 is 4.74 Å². The standard InChI is InChI=1S/C13H17NO/c1-4-7-13(14-3)11-8-6-9-12(10-11)15-5-2/h1,6,8-10,13-14H,5,7H2,2-3H3. The molecular formula is C13H17NO. The topological polar surface area (TPSA) is 21.3 Å². The minimum absolute atomic E-state index is 0.204. The van der Waals surface area contributed by atoms with E-state index in [4.69, 9.17) is 11.2 Å². The molecule has 0 fully saturated rings. The van der Waals surface area contributed by atoms with Gasteiger partial charge >= 0.3 is 0 Å². The van der Waals surface area contributed by atoms with Gasteiger partial charge in [0.25, 0.3) is 0 Å². The molecule has 1 unspecified atom stereocenters. The third-order valence-electron chi connectivity index (χ3n) is 2.24.